The third-order valence-corrected chi connectivity index (χ3v) is 8.93. The summed E-state index contributed by atoms with van der Waals surface area (Å²) in [7, 11) is 0. The number of aromatic nitrogens is 4. The molecule has 0 saturated carbocycles. The number of pyridine rings is 2. The van der Waals surface area contributed by atoms with Crippen molar-refractivity contribution in [1.82, 2.24) is 19.5 Å². The fraction of sp³-hybridized carbons (Fsp3) is 0.122. The zero-order chi connectivity index (χ0) is 31.2. The van der Waals surface area contributed by atoms with Crippen LogP contribution >= 0.6 is 0 Å². The van der Waals surface area contributed by atoms with Gasteiger partial charge in [-0.2, -0.15) is 0 Å². The molecule has 0 spiro atoms. The molecule has 5 heteroatoms. The molecule has 0 saturated heterocycles. The number of benzene rings is 4. The predicted molar refractivity (Wildman–Crippen MR) is 190 cm³/mol. The third kappa shape index (κ3) is 4.63. The molecule has 0 atom stereocenters. The van der Waals surface area contributed by atoms with Crippen LogP contribution in [0.15, 0.2) is 121 Å². The summed E-state index contributed by atoms with van der Waals surface area (Å²) >= 11 is 0. The highest BCUT2D eigenvalue weighted by molar-refractivity contribution is 6.12. The largest absolute Gasteiger partial charge is 0.280 e. The van der Waals surface area contributed by atoms with Crippen molar-refractivity contribution in [2.45, 2.75) is 33.6 Å². The maximum Gasteiger partial charge on any atom is 0.146 e. The third-order valence-electron chi connectivity index (χ3n) is 8.93. The first-order valence-corrected chi connectivity index (χ1v) is 15.9. The molecule has 4 heterocycles. The molecule has 8 rings (SSSR count). The summed E-state index contributed by atoms with van der Waals surface area (Å²) < 4.78 is 2.25. The minimum Gasteiger partial charge on any atom is -0.280 e. The van der Waals surface area contributed by atoms with Gasteiger partial charge in [0.15, 0.2) is 0 Å². The van der Waals surface area contributed by atoms with Crippen LogP contribution in [0.2, 0.25) is 0 Å². The topological polar surface area (TPSA) is 56.0 Å². The smallest absolute Gasteiger partial charge is 0.146 e. The van der Waals surface area contributed by atoms with E-state index < -0.39 is 0 Å². The van der Waals surface area contributed by atoms with Crippen LogP contribution in [-0.4, -0.2) is 25.4 Å². The van der Waals surface area contributed by atoms with Gasteiger partial charge in [0.2, 0.25) is 0 Å². The standard InChI is InChI=1S/C41H33N5/c1-4-8-37-35(5-2)44-38-25-30-9-6-7-10-36(30)45-41(46(37)38)29-17-15-28(16-18-29)32-22-24-43-40-34(32)20-19-33-31(21-23-42-39(33)40)27-13-11-26(3)12-14-27/h4,6-24H,5,25H2,1-3H3/b8-4-. The molecule has 1 aliphatic rings. The molecule has 3 aromatic heterocycles. The number of nitrogens with zero attached hydrogens (tertiary/aromatic N) is 5. The van der Waals surface area contributed by atoms with Crippen LogP contribution in [0.3, 0.4) is 0 Å². The summed E-state index contributed by atoms with van der Waals surface area (Å²) in [5.74, 6) is 1.91. The van der Waals surface area contributed by atoms with E-state index in [1.54, 1.807) is 0 Å². The zero-order valence-corrected chi connectivity index (χ0v) is 26.2. The monoisotopic (exact) mass is 595 g/mol. The molecule has 46 heavy (non-hydrogen) atoms. The average Bonchev–Trinajstić information content (AvgIpc) is 3.34. The second-order valence-corrected chi connectivity index (χ2v) is 11.8. The van der Waals surface area contributed by atoms with Crippen LogP contribution in [0, 0.1) is 6.92 Å². The molecule has 0 bridgehead atoms. The maximum absolute atomic E-state index is 5.25. The van der Waals surface area contributed by atoms with E-state index in [2.05, 4.69) is 135 Å². The molecular weight excluding hydrogens is 562 g/mol. The highest BCUT2D eigenvalue weighted by Gasteiger charge is 2.24. The van der Waals surface area contributed by atoms with E-state index in [0.29, 0.717) is 0 Å². The predicted octanol–water partition coefficient (Wildman–Crippen LogP) is 9.75. The molecule has 0 N–H and O–H groups in total. The van der Waals surface area contributed by atoms with Crippen molar-refractivity contribution in [3.63, 3.8) is 0 Å². The molecule has 0 unspecified atom stereocenters. The number of hydrogen-bond acceptors (Lipinski definition) is 4. The van der Waals surface area contributed by atoms with Gasteiger partial charge < -0.3 is 0 Å². The number of hydrogen-bond donors (Lipinski definition) is 0. The van der Waals surface area contributed by atoms with Gasteiger partial charge in [-0.25, -0.2) is 9.98 Å². The average molecular weight is 596 g/mol. The summed E-state index contributed by atoms with van der Waals surface area (Å²) in [5.41, 5.74) is 13.1. The first-order valence-electron chi connectivity index (χ1n) is 15.9. The van der Waals surface area contributed by atoms with E-state index in [9.17, 15) is 0 Å². The fourth-order valence-corrected chi connectivity index (χ4v) is 6.64. The van der Waals surface area contributed by atoms with E-state index >= 15 is 0 Å². The highest BCUT2D eigenvalue weighted by atomic mass is 15.2. The number of imidazole rings is 1. The lowest BCUT2D eigenvalue weighted by Crippen LogP contribution is -2.17. The summed E-state index contributed by atoms with van der Waals surface area (Å²) in [5, 5.41) is 2.18. The summed E-state index contributed by atoms with van der Waals surface area (Å²) in [4.78, 5) is 20.0. The Bertz CT molecular complexity index is 2320. The number of aliphatic imine (C=N–C) groups is 1. The van der Waals surface area contributed by atoms with Crippen molar-refractivity contribution in [1.29, 1.82) is 0 Å². The Morgan fingerprint density at radius 1 is 0.717 bits per heavy atom. The maximum atomic E-state index is 5.25. The van der Waals surface area contributed by atoms with Gasteiger partial charge in [-0.3, -0.25) is 14.5 Å². The SMILES string of the molecule is C/C=C\c1c(CC)nc2n1C(c1ccc(-c3ccnc4c3ccc3c(-c5ccc(C)cc5)ccnc34)cc1)=Nc1ccccc1C2. The summed E-state index contributed by atoms with van der Waals surface area (Å²) in [6.45, 7) is 6.33. The molecular formula is C41H33N5. The van der Waals surface area contributed by atoms with Crippen LogP contribution in [0.1, 0.15) is 47.8 Å². The van der Waals surface area contributed by atoms with E-state index in [1.165, 1.54) is 16.7 Å². The van der Waals surface area contributed by atoms with Gasteiger partial charge in [0.05, 0.1) is 28.1 Å². The van der Waals surface area contributed by atoms with Gasteiger partial charge in [0.25, 0.3) is 0 Å². The molecule has 0 radical (unpaired) electrons. The number of para-hydroxylation sites is 1. The van der Waals surface area contributed by atoms with E-state index in [1.807, 2.05) is 12.4 Å². The molecule has 0 fully saturated rings. The lowest BCUT2D eigenvalue weighted by atomic mass is 9.96. The second kappa shape index (κ2) is 11.4. The quantitative estimate of drug-likeness (QED) is 0.186. The molecule has 1 aliphatic heterocycles. The normalized spacial score (nSPS) is 12.7. The van der Waals surface area contributed by atoms with Crippen LogP contribution in [0.4, 0.5) is 5.69 Å². The number of rotatable bonds is 5. The molecule has 7 aromatic rings. The summed E-state index contributed by atoms with van der Waals surface area (Å²) in [6.07, 6.45) is 9.62. The lowest BCUT2D eigenvalue weighted by Gasteiger charge is -2.14. The van der Waals surface area contributed by atoms with Crippen molar-refractivity contribution < 1.29 is 0 Å². The minimum absolute atomic E-state index is 0.739. The number of allylic oxidation sites excluding steroid dienone is 1. The van der Waals surface area contributed by atoms with Crippen LogP contribution < -0.4 is 0 Å². The van der Waals surface area contributed by atoms with Gasteiger partial charge in [-0.15, -0.1) is 0 Å². The lowest BCUT2D eigenvalue weighted by molar-refractivity contribution is 0.952. The molecule has 5 nitrogen and oxygen atoms in total. The Hall–Kier alpha value is -5.68. The van der Waals surface area contributed by atoms with Crippen LogP contribution in [0.5, 0.6) is 0 Å². The first kappa shape index (κ1) is 27.8. The summed E-state index contributed by atoms with van der Waals surface area (Å²) in [6, 6.07) is 34.3. The second-order valence-electron chi connectivity index (χ2n) is 11.8. The molecule has 4 aromatic carbocycles. The Balaban J connectivity index is 1.24. The minimum atomic E-state index is 0.739. The van der Waals surface area contributed by atoms with Crippen molar-refractivity contribution >= 4 is 39.4 Å². The zero-order valence-electron chi connectivity index (χ0n) is 26.2. The van der Waals surface area contributed by atoms with Crippen molar-refractivity contribution in [3.05, 3.63) is 149 Å². The van der Waals surface area contributed by atoms with Crippen molar-refractivity contribution in [2.75, 3.05) is 0 Å². The van der Waals surface area contributed by atoms with Crippen LogP contribution in [0.25, 0.3) is 50.1 Å². The van der Waals surface area contributed by atoms with Gasteiger partial charge in [-0.05, 0) is 72.4 Å². The van der Waals surface area contributed by atoms with Gasteiger partial charge in [0, 0.05) is 35.2 Å². The van der Waals surface area contributed by atoms with Gasteiger partial charge in [0.1, 0.15) is 11.7 Å². The Morgan fingerprint density at radius 3 is 1.96 bits per heavy atom. The number of aryl methyl sites for hydroxylation is 2. The van der Waals surface area contributed by atoms with Crippen molar-refractivity contribution in [3.8, 4) is 22.3 Å². The van der Waals surface area contributed by atoms with E-state index in [0.717, 1.165) is 85.6 Å². The fourth-order valence-electron chi connectivity index (χ4n) is 6.64. The molecule has 222 valence electrons. The number of fused-ring (bicyclic) bond motifs is 5. The van der Waals surface area contributed by atoms with E-state index in [-0.39, 0.29) is 0 Å². The first-order chi connectivity index (χ1) is 22.6. The van der Waals surface area contributed by atoms with E-state index in [4.69, 9.17) is 19.9 Å². The van der Waals surface area contributed by atoms with Gasteiger partial charge >= 0.3 is 0 Å². The highest BCUT2D eigenvalue weighted by Crippen LogP contribution is 2.36. The molecule has 0 aliphatic carbocycles. The van der Waals surface area contributed by atoms with Crippen molar-refractivity contribution in [2.24, 2.45) is 4.99 Å². The van der Waals surface area contributed by atoms with Crippen LogP contribution in [-0.2, 0) is 12.8 Å². The Labute approximate surface area is 268 Å². The molecule has 0 amide bonds. The Morgan fingerprint density at radius 2 is 1.33 bits per heavy atom. The Kier molecular flexibility index (Phi) is 6.87. The van der Waals surface area contributed by atoms with Gasteiger partial charge in [-0.1, -0.05) is 97.4 Å².